The highest BCUT2D eigenvalue weighted by atomic mass is 127. The topological polar surface area (TPSA) is 36.3 Å². The molecule has 1 aromatic carbocycles. The van der Waals surface area contributed by atoms with Crippen molar-refractivity contribution in [2.24, 2.45) is 7.05 Å². The standard InChI is InChI=1S/C10H10FIN2O2/c1-14-7-3-8(16-5-15-2)10(12)9(11)6(7)4-13-14/h3-4H,5H2,1-2H3. The van der Waals surface area contributed by atoms with Crippen LogP contribution in [0.5, 0.6) is 5.75 Å². The number of aryl methyl sites for hydroxylation is 1. The Morgan fingerprint density at radius 3 is 3.00 bits per heavy atom. The summed E-state index contributed by atoms with van der Waals surface area (Å²) in [5, 5.41) is 4.50. The highest BCUT2D eigenvalue weighted by Gasteiger charge is 2.14. The maximum Gasteiger partial charge on any atom is 0.188 e. The molecule has 0 radical (unpaired) electrons. The van der Waals surface area contributed by atoms with Gasteiger partial charge < -0.3 is 9.47 Å². The largest absolute Gasteiger partial charge is 0.466 e. The van der Waals surface area contributed by atoms with Gasteiger partial charge in [-0.25, -0.2) is 4.39 Å². The Bertz CT molecular complexity index is 527. The van der Waals surface area contributed by atoms with Crippen LogP contribution in [-0.2, 0) is 11.8 Å². The molecule has 0 aliphatic carbocycles. The second-order valence-corrected chi connectivity index (χ2v) is 4.33. The van der Waals surface area contributed by atoms with Crippen LogP contribution in [0.3, 0.4) is 0 Å². The summed E-state index contributed by atoms with van der Waals surface area (Å²) < 4.78 is 26.0. The van der Waals surface area contributed by atoms with E-state index in [0.29, 0.717) is 20.2 Å². The first-order valence-corrected chi connectivity index (χ1v) is 5.64. The smallest absolute Gasteiger partial charge is 0.188 e. The van der Waals surface area contributed by atoms with Gasteiger partial charge in [0.1, 0.15) is 5.75 Å². The van der Waals surface area contributed by atoms with Crippen molar-refractivity contribution >= 4 is 33.5 Å². The average molecular weight is 336 g/mol. The molecule has 0 amide bonds. The summed E-state index contributed by atoms with van der Waals surface area (Å²) in [5.74, 6) is 0.161. The van der Waals surface area contributed by atoms with E-state index < -0.39 is 0 Å². The molecule has 0 spiro atoms. The van der Waals surface area contributed by atoms with Crippen LogP contribution in [0.15, 0.2) is 12.3 Å². The minimum absolute atomic E-state index is 0.0960. The predicted molar refractivity (Wildman–Crippen MR) is 65.9 cm³/mol. The van der Waals surface area contributed by atoms with Crippen molar-refractivity contribution in [1.29, 1.82) is 0 Å². The zero-order valence-corrected chi connectivity index (χ0v) is 11.0. The molecule has 2 rings (SSSR count). The van der Waals surface area contributed by atoms with Gasteiger partial charge in [0.2, 0.25) is 0 Å². The zero-order valence-electron chi connectivity index (χ0n) is 8.83. The highest BCUT2D eigenvalue weighted by molar-refractivity contribution is 14.1. The third kappa shape index (κ3) is 1.86. The normalized spacial score (nSPS) is 11.0. The number of hydrogen-bond acceptors (Lipinski definition) is 3. The number of benzene rings is 1. The maximum atomic E-state index is 13.9. The lowest BCUT2D eigenvalue weighted by Gasteiger charge is -2.08. The zero-order chi connectivity index (χ0) is 11.7. The quantitative estimate of drug-likeness (QED) is 0.638. The van der Waals surface area contributed by atoms with Gasteiger partial charge in [0.05, 0.1) is 20.7 Å². The van der Waals surface area contributed by atoms with Crippen LogP contribution >= 0.6 is 22.6 Å². The summed E-state index contributed by atoms with van der Waals surface area (Å²) in [7, 11) is 3.28. The Morgan fingerprint density at radius 2 is 2.31 bits per heavy atom. The molecule has 0 fully saturated rings. The Hall–Kier alpha value is -0.890. The van der Waals surface area contributed by atoms with Crippen LogP contribution in [0.4, 0.5) is 4.39 Å². The average Bonchev–Trinajstić information content (AvgIpc) is 2.64. The number of methoxy groups -OCH3 is 1. The molecule has 0 saturated heterocycles. The molecule has 1 heterocycles. The van der Waals surface area contributed by atoms with E-state index in [1.807, 2.05) is 22.6 Å². The van der Waals surface area contributed by atoms with Gasteiger partial charge in [0.15, 0.2) is 12.6 Å². The van der Waals surface area contributed by atoms with Crippen molar-refractivity contribution in [3.05, 3.63) is 21.7 Å². The molecule has 16 heavy (non-hydrogen) atoms. The SMILES string of the molecule is COCOc1cc2c(cnn2C)c(F)c1I. The van der Waals surface area contributed by atoms with E-state index >= 15 is 0 Å². The number of hydrogen-bond donors (Lipinski definition) is 0. The Kier molecular flexibility index (Phi) is 3.29. The third-order valence-corrected chi connectivity index (χ3v) is 3.24. The fourth-order valence-electron chi connectivity index (χ4n) is 1.43. The lowest BCUT2D eigenvalue weighted by atomic mass is 10.2. The van der Waals surface area contributed by atoms with Crippen molar-refractivity contribution in [3.8, 4) is 5.75 Å². The summed E-state index contributed by atoms with van der Waals surface area (Å²) in [5.41, 5.74) is 0.698. The minimum atomic E-state index is -0.308. The number of ether oxygens (including phenoxy) is 2. The second-order valence-electron chi connectivity index (χ2n) is 3.25. The van der Waals surface area contributed by atoms with E-state index in [9.17, 15) is 4.39 Å². The molecule has 0 aliphatic heterocycles. The van der Waals surface area contributed by atoms with E-state index in [4.69, 9.17) is 9.47 Å². The molecule has 0 saturated carbocycles. The molecule has 6 heteroatoms. The highest BCUT2D eigenvalue weighted by Crippen LogP contribution is 2.30. The van der Waals surface area contributed by atoms with E-state index in [1.165, 1.54) is 13.3 Å². The minimum Gasteiger partial charge on any atom is -0.466 e. The number of fused-ring (bicyclic) bond motifs is 1. The summed E-state index contributed by atoms with van der Waals surface area (Å²) in [6.07, 6.45) is 1.51. The van der Waals surface area contributed by atoms with Crippen molar-refractivity contribution in [2.75, 3.05) is 13.9 Å². The first-order valence-electron chi connectivity index (χ1n) is 4.56. The van der Waals surface area contributed by atoms with E-state index in [0.717, 1.165) is 0 Å². The van der Waals surface area contributed by atoms with Crippen LogP contribution in [0.25, 0.3) is 10.9 Å². The summed E-state index contributed by atoms with van der Waals surface area (Å²) in [6, 6.07) is 1.76. The maximum absolute atomic E-state index is 13.9. The summed E-state index contributed by atoms with van der Waals surface area (Å²) in [4.78, 5) is 0. The number of halogens is 2. The van der Waals surface area contributed by atoms with Crippen LogP contribution in [0.2, 0.25) is 0 Å². The van der Waals surface area contributed by atoms with Gasteiger partial charge >= 0.3 is 0 Å². The number of rotatable bonds is 3. The number of nitrogens with zero attached hydrogens (tertiary/aromatic N) is 2. The van der Waals surface area contributed by atoms with Gasteiger partial charge in [-0.05, 0) is 22.6 Å². The second kappa shape index (κ2) is 4.54. The van der Waals surface area contributed by atoms with Crippen molar-refractivity contribution < 1.29 is 13.9 Å². The molecule has 86 valence electrons. The van der Waals surface area contributed by atoms with Crippen molar-refractivity contribution in [1.82, 2.24) is 9.78 Å². The lowest BCUT2D eigenvalue weighted by molar-refractivity contribution is 0.0503. The van der Waals surface area contributed by atoms with Crippen molar-refractivity contribution in [3.63, 3.8) is 0 Å². The number of aromatic nitrogens is 2. The molecule has 0 aliphatic rings. The molecule has 0 bridgehead atoms. The predicted octanol–water partition coefficient (Wildman–Crippen LogP) is 2.30. The van der Waals surface area contributed by atoms with Gasteiger partial charge in [-0.1, -0.05) is 0 Å². The third-order valence-electron chi connectivity index (χ3n) is 2.23. The van der Waals surface area contributed by atoms with Crippen LogP contribution < -0.4 is 4.74 Å². The molecular weight excluding hydrogens is 326 g/mol. The van der Waals surface area contributed by atoms with E-state index in [1.54, 1.807) is 17.8 Å². The fourth-order valence-corrected chi connectivity index (χ4v) is 2.03. The van der Waals surface area contributed by atoms with Crippen LogP contribution in [0.1, 0.15) is 0 Å². The monoisotopic (exact) mass is 336 g/mol. The van der Waals surface area contributed by atoms with Gasteiger partial charge in [0, 0.05) is 20.2 Å². The van der Waals surface area contributed by atoms with E-state index in [2.05, 4.69) is 5.10 Å². The summed E-state index contributed by atoms with van der Waals surface area (Å²) >= 11 is 1.91. The molecule has 0 unspecified atom stereocenters. The fraction of sp³-hybridized carbons (Fsp3) is 0.300. The van der Waals surface area contributed by atoms with E-state index in [-0.39, 0.29) is 12.6 Å². The van der Waals surface area contributed by atoms with Gasteiger partial charge in [-0.3, -0.25) is 4.68 Å². The van der Waals surface area contributed by atoms with Gasteiger partial charge in [-0.2, -0.15) is 5.10 Å². The molecule has 1 aromatic heterocycles. The van der Waals surface area contributed by atoms with Crippen molar-refractivity contribution in [2.45, 2.75) is 0 Å². The Balaban J connectivity index is 2.57. The molecular formula is C10H10FIN2O2. The molecule has 2 aromatic rings. The molecule has 0 N–H and O–H groups in total. The van der Waals surface area contributed by atoms with Crippen LogP contribution in [-0.4, -0.2) is 23.7 Å². The lowest BCUT2D eigenvalue weighted by Crippen LogP contribution is -2.02. The van der Waals surface area contributed by atoms with Crippen LogP contribution in [0, 0.1) is 9.39 Å². The van der Waals surface area contributed by atoms with Gasteiger partial charge in [0.25, 0.3) is 0 Å². The first-order chi connectivity index (χ1) is 7.65. The molecule has 0 atom stereocenters. The molecule has 4 nitrogen and oxygen atoms in total. The first kappa shape index (κ1) is 11.6. The Morgan fingerprint density at radius 1 is 1.56 bits per heavy atom. The van der Waals surface area contributed by atoms with Gasteiger partial charge in [-0.15, -0.1) is 0 Å². The summed E-state index contributed by atoms with van der Waals surface area (Å²) in [6.45, 7) is 0.0960. The Labute approximate surface area is 105 Å².